The molecule has 2 aromatic rings. The molecule has 6 heteroatoms. The van der Waals surface area contributed by atoms with Crippen LogP contribution in [0.25, 0.3) is 10.2 Å². The fraction of sp³-hybridized carbons (Fsp3) is 0.632. The van der Waals surface area contributed by atoms with Gasteiger partial charge in [-0.3, -0.25) is 4.79 Å². The molecule has 5 nitrogen and oxygen atoms in total. The normalized spacial score (nSPS) is 18.9. The van der Waals surface area contributed by atoms with Crippen molar-refractivity contribution in [2.75, 3.05) is 18.0 Å². The highest BCUT2D eigenvalue weighted by Crippen LogP contribution is 2.36. The summed E-state index contributed by atoms with van der Waals surface area (Å²) < 4.78 is 0. The Morgan fingerprint density at radius 2 is 1.80 bits per heavy atom. The zero-order valence-corrected chi connectivity index (χ0v) is 15.9. The van der Waals surface area contributed by atoms with Crippen molar-refractivity contribution in [3.63, 3.8) is 0 Å². The number of nitrogens with zero attached hydrogens (tertiary/aromatic N) is 3. The van der Waals surface area contributed by atoms with E-state index in [4.69, 9.17) is 4.98 Å². The SMILES string of the molecule is Cc1nc(N2CCCCC2)c2c(C)c(C(=O)NC3CCCC3)sc2n1. The highest BCUT2D eigenvalue weighted by molar-refractivity contribution is 7.20. The number of nitrogens with one attached hydrogen (secondary N) is 1. The first-order chi connectivity index (χ1) is 12.1. The molecule has 2 aliphatic rings. The highest BCUT2D eigenvalue weighted by Gasteiger charge is 2.25. The Bertz CT molecular complexity index is 788. The Balaban J connectivity index is 1.72. The maximum absolute atomic E-state index is 12.8. The maximum atomic E-state index is 12.8. The predicted molar refractivity (Wildman–Crippen MR) is 103 cm³/mol. The van der Waals surface area contributed by atoms with Crippen LogP contribution in [0.5, 0.6) is 0 Å². The number of fused-ring (bicyclic) bond motifs is 1. The van der Waals surface area contributed by atoms with Crippen LogP contribution in [-0.2, 0) is 0 Å². The molecule has 0 bridgehead atoms. The van der Waals surface area contributed by atoms with Crippen LogP contribution < -0.4 is 10.2 Å². The van der Waals surface area contributed by atoms with Crippen molar-refractivity contribution in [3.8, 4) is 0 Å². The standard InChI is InChI=1S/C19H26N4OS/c1-12-15-17(23-10-6-3-7-11-23)20-13(2)21-19(15)25-16(12)18(24)22-14-8-4-5-9-14/h14H,3-11H2,1-2H3,(H,22,24). The average Bonchev–Trinajstić information content (AvgIpc) is 3.23. The van der Waals surface area contributed by atoms with Crippen LogP contribution >= 0.6 is 11.3 Å². The summed E-state index contributed by atoms with van der Waals surface area (Å²) in [6.45, 7) is 6.09. The summed E-state index contributed by atoms with van der Waals surface area (Å²) in [4.78, 5) is 26.3. The van der Waals surface area contributed by atoms with Crippen LogP contribution in [0.15, 0.2) is 0 Å². The fourth-order valence-corrected chi connectivity index (χ4v) is 5.22. The zero-order valence-electron chi connectivity index (χ0n) is 15.1. The van der Waals surface area contributed by atoms with E-state index in [2.05, 4.69) is 22.1 Å². The van der Waals surface area contributed by atoms with Crippen molar-refractivity contribution < 1.29 is 4.79 Å². The molecule has 0 spiro atoms. The van der Waals surface area contributed by atoms with E-state index in [1.54, 1.807) is 0 Å². The number of aryl methyl sites for hydroxylation is 2. The van der Waals surface area contributed by atoms with Crippen LogP contribution in [-0.4, -0.2) is 35.0 Å². The molecule has 3 heterocycles. The third-order valence-electron chi connectivity index (χ3n) is 5.44. The number of amides is 1. The Labute approximate surface area is 152 Å². The van der Waals surface area contributed by atoms with Crippen molar-refractivity contribution in [3.05, 3.63) is 16.3 Å². The van der Waals surface area contributed by atoms with Gasteiger partial charge in [-0.15, -0.1) is 11.3 Å². The van der Waals surface area contributed by atoms with E-state index in [1.165, 1.54) is 43.4 Å². The minimum absolute atomic E-state index is 0.0645. The second-order valence-corrected chi connectivity index (χ2v) is 8.33. The summed E-state index contributed by atoms with van der Waals surface area (Å²) in [6, 6.07) is 0.339. The molecular weight excluding hydrogens is 332 g/mol. The molecule has 1 amide bonds. The molecule has 2 aromatic heterocycles. The van der Waals surface area contributed by atoms with Crippen LogP contribution in [0.3, 0.4) is 0 Å². The molecule has 1 aliphatic carbocycles. The van der Waals surface area contributed by atoms with Crippen LogP contribution in [0.4, 0.5) is 5.82 Å². The third kappa shape index (κ3) is 3.24. The van der Waals surface area contributed by atoms with E-state index in [0.29, 0.717) is 6.04 Å². The lowest BCUT2D eigenvalue weighted by Gasteiger charge is -2.28. The third-order valence-corrected chi connectivity index (χ3v) is 6.62. The molecule has 2 fully saturated rings. The minimum atomic E-state index is 0.0645. The molecule has 0 aromatic carbocycles. The van der Waals surface area contributed by atoms with Gasteiger partial charge in [-0.05, 0) is 51.5 Å². The van der Waals surface area contributed by atoms with Crippen molar-refractivity contribution in [2.24, 2.45) is 0 Å². The Hall–Kier alpha value is -1.69. The van der Waals surface area contributed by atoms with E-state index in [-0.39, 0.29) is 5.91 Å². The van der Waals surface area contributed by atoms with Gasteiger partial charge in [-0.1, -0.05) is 12.8 Å². The Morgan fingerprint density at radius 3 is 2.52 bits per heavy atom. The summed E-state index contributed by atoms with van der Waals surface area (Å²) in [5.74, 6) is 1.88. The largest absolute Gasteiger partial charge is 0.356 e. The van der Waals surface area contributed by atoms with Crippen molar-refractivity contribution >= 4 is 33.3 Å². The number of piperidine rings is 1. The van der Waals surface area contributed by atoms with Crippen molar-refractivity contribution in [1.29, 1.82) is 0 Å². The quantitative estimate of drug-likeness (QED) is 0.902. The molecular formula is C19H26N4OS. The summed E-state index contributed by atoms with van der Waals surface area (Å²) in [5, 5.41) is 4.30. The summed E-state index contributed by atoms with van der Waals surface area (Å²) in [5.41, 5.74) is 1.04. The van der Waals surface area contributed by atoms with Crippen molar-refractivity contribution in [1.82, 2.24) is 15.3 Å². The molecule has 0 radical (unpaired) electrons. The lowest BCUT2D eigenvalue weighted by atomic mass is 10.1. The number of anilines is 1. The zero-order chi connectivity index (χ0) is 17.4. The van der Waals surface area contributed by atoms with Crippen molar-refractivity contribution in [2.45, 2.75) is 64.8 Å². The van der Waals surface area contributed by atoms with Gasteiger partial charge in [0.25, 0.3) is 5.91 Å². The van der Waals surface area contributed by atoms with Gasteiger partial charge < -0.3 is 10.2 Å². The number of carbonyl (C=O) groups is 1. The van der Waals surface area contributed by atoms with Gasteiger partial charge in [-0.2, -0.15) is 0 Å². The van der Waals surface area contributed by atoms with Gasteiger partial charge >= 0.3 is 0 Å². The molecule has 1 saturated heterocycles. The maximum Gasteiger partial charge on any atom is 0.261 e. The van der Waals surface area contributed by atoms with E-state index in [9.17, 15) is 4.79 Å². The number of carbonyl (C=O) groups excluding carboxylic acids is 1. The molecule has 134 valence electrons. The number of hydrogen-bond acceptors (Lipinski definition) is 5. The first-order valence-electron chi connectivity index (χ1n) is 9.47. The monoisotopic (exact) mass is 358 g/mol. The molecule has 1 N–H and O–H groups in total. The lowest BCUT2D eigenvalue weighted by molar-refractivity contribution is 0.0941. The Morgan fingerprint density at radius 1 is 1.08 bits per heavy atom. The summed E-state index contributed by atoms with van der Waals surface area (Å²) >= 11 is 1.52. The average molecular weight is 359 g/mol. The fourth-order valence-electron chi connectivity index (χ4n) is 4.09. The number of aromatic nitrogens is 2. The highest BCUT2D eigenvalue weighted by atomic mass is 32.1. The molecule has 25 heavy (non-hydrogen) atoms. The Kier molecular flexibility index (Phi) is 4.63. The topological polar surface area (TPSA) is 58.1 Å². The van der Waals surface area contributed by atoms with E-state index < -0.39 is 0 Å². The number of hydrogen-bond donors (Lipinski definition) is 1. The van der Waals surface area contributed by atoms with Crippen LogP contribution in [0, 0.1) is 13.8 Å². The molecule has 4 rings (SSSR count). The summed E-state index contributed by atoms with van der Waals surface area (Å²) in [6.07, 6.45) is 8.37. The van der Waals surface area contributed by atoms with E-state index >= 15 is 0 Å². The van der Waals surface area contributed by atoms with Crippen LogP contribution in [0.1, 0.15) is 66.0 Å². The van der Waals surface area contributed by atoms with Gasteiger partial charge in [-0.25, -0.2) is 9.97 Å². The molecule has 0 atom stereocenters. The molecule has 1 saturated carbocycles. The summed E-state index contributed by atoms with van der Waals surface area (Å²) in [7, 11) is 0. The van der Waals surface area contributed by atoms with Crippen LogP contribution in [0.2, 0.25) is 0 Å². The van der Waals surface area contributed by atoms with E-state index in [0.717, 1.165) is 58.2 Å². The number of rotatable bonds is 3. The molecule has 1 aliphatic heterocycles. The van der Waals surface area contributed by atoms with Gasteiger partial charge in [0.1, 0.15) is 16.5 Å². The number of thiophene rings is 1. The second kappa shape index (κ2) is 6.90. The van der Waals surface area contributed by atoms with Gasteiger partial charge in [0.15, 0.2) is 0 Å². The first kappa shape index (κ1) is 16.8. The second-order valence-electron chi connectivity index (χ2n) is 7.33. The molecule has 0 unspecified atom stereocenters. The minimum Gasteiger partial charge on any atom is -0.356 e. The van der Waals surface area contributed by atoms with Gasteiger partial charge in [0, 0.05) is 19.1 Å². The predicted octanol–water partition coefficient (Wildman–Crippen LogP) is 3.97. The first-order valence-corrected chi connectivity index (χ1v) is 10.3. The van der Waals surface area contributed by atoms with Gasteiger partial charge in [0.2, 0.25) is 0 Å². The van der Waals surface area contributed by atoms with Gasteiger partial charge in [0.05, 0.1) is 10.3 Å². The van der Waals surface area contributed by atoms with E-state index in [1.807, 2.05) is 6.92 Å². The smallest absolute Gasteiger partial charge is 0.261 e. The lowest BCUT2D eigenvalue weighted by Crippen LogP contribution is -2.32.